The van der Waals surface area contributed by atoms with Gasteiger partial charge in [0.1, 0.15) is 11.5 Å². The van der Waals surface area contributed by atoms with Crippen LogP contribution in [-0.2, 0) is 43.1 Å². The van der Waals surface area contributed by atoms with Gasteiger partial charge in [0, 0.05) is 28.8 Å². The van der Waals surface area contributed by atoms with E-state index >= 15 is 4.79 Å². The number of benzene rings is 3. The SMILES string of the molecule is COc1ccc([C@H]2C3=CC[C@@H]4C(=O)N(c5cc(C(F)(F)F)cc(C(F)(F)F)c5)C(=O)[C@@H]4[C@@H]3C[C@H]3C(=O)N(Nc4ncc(C(F)(F)F)cc4Cl)C(=O)[C@@]23c2ccc(Cl)cc2)c(O)c1. The molecule has 1 aromatic heterocycles. The van der Waals surface area contributed by atoms with Gasteiger partial charge in [-0.15, -0.1) is 0 Å². The normalized spacial score (nSPS) is 25.1. The van der Waals surface area contributed by atoms with Crippen LogP contribution in [0.3, 0.4) is 0 Å². The number of phenolic OH excluding ortho intramolecular Hbond substituents is 1. The number of hydrazine groups is 1. The van der Waals surface area contributed by atoms with Gasteiger partial charge in [0.25, 0.3) is 11.8 Å². The number of hydrogen-bond acceptors (Lipinski definition) is 8. The number of halogens is 11. The number of phenols is 1. The lowest BCUT2D eigenvalue weighted by molar-refractivity contribution is -0.143. The van der Waals surface area contributed by atoms with E-state index in [0.29, 0.717) is 17.3 Å². The lowest BCUT2D eigenvalue weighted by atomic mass is 9.49. The minimum Gasteiger partial charge on any atom is -0.508 e. The number of fused-ring (bicyclic) bond motifs is 4. The number of carbonyl (C=O) groups excluding carboxylic acids is 4. The predicted molar refractivity (Wildman–Crippen MR) is 200 cm³/mol. The van der Waals surface area contributed by atoms with Gasteiger partial charge >= 0.3 is 18.5 Å². The molecule has 0 bridgehead atoms. The van der Waals surface area contributed by atoms with Crippen molar-refractivity contribution in [1.29, 1.82) is 0 Å². The maximum absolute atomic E-state index is 15.3. The van der Waals surface area contributed by atoms with Gasteiger partial charge in [-0.25, -0.2) is 9.88 Å². The fourth-order valence-electron chi connectivity index (χ4n) is 9.34. The van der Waals surface area contributed by atoms with E-state index in [2.05, 4.69) is 10.4 Å². The third-order valence-corrected chi connectivity index (χ3v) is 12.5. The molecular formula is C41H27Cl2F9N4O6. The Hall–Kier alpha value is -5.82. The number of hydrogen-bond donors (Lipinski definition) is 2. The van der Waals surface area contributed by atoms with Crippen LogP contribution >= 0.6 is 23.2 Å². The first-order valence-electron chi connectivity index (χ1n) is 18.4. The molecule has 4 aromatic rings. The van der Waals surface area contributed by atoms with Crippen LogP contribution in [0.25, 0.3) is 0 Å². The van der Waals surface area contributed by atoms with E-state index < -0.39 is 123 Å². The number of nitrogens with one attached hydrogen (secondary N) is 1. The van der Waals surface area contributed by atoms with Crippen LogP contribution in [0.2, 0.25) is 10.0 Å². The molecule has 0 radical (unpaired) electrons. The summed E-state index contributed by atoms with van der Waals surface area (Å²) in [6, 6.07) is 10.6. The molecular weight excluding hydrogens is 886 g/mol. The number of rotatable bonds is 6. The summed E-state index contributed by atoms with van der Waals surface area (Å²) in [7, 11) is 1.31. The molecule has 3 heterocycles. The third kappa shape index (κ3) is 6.70. The van der Waals surface area contributed by atoms with E-state index in [-0.39, 0.29) is 57.0 Å². The standard InChI is InChI=1S/C41H27Cl2F9N4O6/c1-62-23-6-7-25(30(57)14-23)32-24-8-9-26-31(36(60)55(34(26)58)22-11-18(39(44,45)46)10-19(12-22)40(47,48)49)27(24)15-28-35(59)56(37(61)38(28,32)17-2-4-21(42)5-3-17)54-33-29(43)13-20(16-53-33)41(50,51)52/h2-8,10-14,16,26-28,31-32,57H,9,15H2,1H3,(H,53,54)/t26-,27+,28-,31-,32+,38+/m0/s1. The second kappa shape index (κ2) is 14.6. The molecule has 2 N–H and O–H groups in total. The highest BCUT2D eigenvalue weighted by molar-refractivity contribution is 6.33. The number of carbonyl (C=O) groups is 4. The van der Waals surface area contributed by atoms with Gasteiger partial charge in [-0.3, -0.25) is 24.6 Å². The average Bonchev–Trinajstić information content (AvgIpc) is 3.58. The van der Waals surface area contributed by atoms with Crippen molar-refractivity contribution < 1.29 is 68.5 Å². The number of aromatic hydroxyl groups is 1. The summed E-state index contributed by atoms with van der Waals surface area (Å²) in [4.78, 5) is 62.8. The summed E-state index contributed by atoms with van der Waals surface area (Å²) < 4.78 is 129. The van der Waals surface area contributed by atoms with E-state index in [4.69, 9.17) is 27.9 Å². The fourth-order valence-corrected chi connectivity index (χ4v) is 9.68. The quantitative estimate of drug-likeness (QED) is 0.111. The van der Waals surface area contributed by atoms with Crippen molar-refractivity contribution in [1.82, 2.24) is 9.99 Å². The minimum atomic E-state index is -5.32. The molecule has 10 nitrogen and oxygen atoms in total. The number of aromatic nitrogens is 1. The lowest BCUT2D eigenvalue weighted by Crippen LogP contribution is -2.53. The highest BCUT2D eigenvalue weighted by Gasteiger charge is 2.71. The highest BCUT2D eigenvalue weighted by atomic mass is 35.5. The largest absolute Gasteiger partial charge is 0.508 e. The van der Waals surface area contributed by atoms with Crippen LogP contribution < -0.4 is 15.1 Å². The van der Waals surface area contributed by atoms with Gasteiger partial charge in [-0.2, -0.15) is 44.5 Å². The number of allylic oxidation sites excluding steroid dienone is 2. The van der Waals surface area contributed by atoms with Gasteiger partial charge in [-0.05, 0) is 66.8 Å². The van der Waals surface area contributed by atoms with Crippen molar-refractivity contribution in [3.05, 3.63) is 122 Å². The monoisotopic (exact) mass is 912 g/mol. The van der Waals surface area contributed by atoms with E-state index in [9.17, 15) is 59.0 Å². The number of pyridine rings is 1. The van der Waals surface area contributed by atoms with Crippen molar-refractivity contribution >= 4 is 58.3 Å². The van der Waals surface area contributed by atoms with Gasteiger partial charge in [-0.1, -0.05) is 53.1 Å². The lowest BCUT2D eigenvalue weighted by Gasteiger charge is -2.50. The third-order valence-electron chi connectivity index (χ3n) is 11.9. The maximum Gasteiger partial charge on any atom is 0.417 e. The summed E-state index contributed by atoms with van der Waals surface area (Å²) in [5.41, 5.74) is -5.07. The molecule has 0 spiro atoms. The molecule has 324 valence electrons. The molecule has 4 amide bonds. The Balaban J connectivity index is 1.31. The average molecular weight is 914 g/mol. The zero-order valence-electron chi connectivity index (χ0n) is 31.3. The van der Waals surface area contributed by atoms with E-state index in [0.717, 1.165) is 0 Å². The Morgan fingerprint density at radius 2 is 1.42 bits per heavy atom. The van der Waals surface area contributed by atoms with Crippen LogP contribution in [0.15, 0.2) is 84.6 Å². The molecule has 4 aliphatic rings. The number of methoxy groups -OCH3 is 1. The molecule has 21 heteroatoms. The molecule has 2 aliphatic heterocycles. The van der Waals surface area contributed by atoms with Crippen LogP contribution in [0.1, 0.15) is 46.6 Å². The molecule has 3 fully saturated rings. The van der Waals surface area contributed by atoms with Gasteiger partial charge in [0.15, 0.2) is 5.82 Å². The molecule has 8 rings (SSSR count). The molecule has 0 unspecified atom stereocenters. The molecule has 3 aromatic carbocycles. The minimum absolute atomic E-state index is 0.00448. The predicted octanol–water partition coefficient (Wildman–Crippen LogP) is 9.35. The maximum atomic E-state index is 15.3. The number of imide groups is 2. The molecule has 1 saturated carbocycles. The summed E-state index contributed by atoms with van der Waals surface area (Å²) >= 11 is 12.4. The number of alkyl halides is 9. The van der Waals surface area contributed by atoms with Crippen LogP contribution in [0, 0.1) is 23.7 Å². The van der Waals surface area contributed by atoms with E-state index in [1.165, 1.54) is 55.7 Å². The molecule has 2 saturated heterocycles. The Labute approximate surface area is 353 Å². The Morgan fingerprint density at radius 3 is 1.98 bits per heavy atom. The first-order valence-corrected chi connectivity index (χ1v) is 19.1. The van der Waals surface area contributed by atoms with Gasteiger partial charge in [0.2, 0.25) is 11.8 Å². The summed E-state index contributed by atoms with van der Waals surface area (Å²) in [5, 5.41) is 11.7. The van der Waals surface area contributed by atoms with Gasteiger partial charge < -0.3 is 9.84 Å². The highest BCUT2D eigenvalue weighted by Crippen LogP contribution is 2.65. The Morgan fingerprint density at radius 1 is 0.790 bits per heavy atom. The first kappa shape index (κ1) is 42.9. The van der Waals surface area contributed by atoms with Crippen LogP contribution in [-0.4, -0.2) is 45.8 Å². The van der Waals surface area contributed by atoms with E-state index in [1.54, 1.807) is 0 Å². The van der Waals surface area contributed by atoms with Crippen LogP contribution in [0.4, 0.5) is 51.0 Å². The molecule has 2 aliphatic carbocycles. The fraction of sp³-hybridized carbons (Fsp3) is 0.293. The smallest absolute Gasteiger partial charge is 0.417 e. The first-order chi connectivity index (χ1) is 29.0. The van der Waals surface area contributed by atoms with Crippen molar-refractivity contribution in [3.63, 3.8) is 0 Å². The number of nitrogens with zero attached hydrogens (tertiary/aromatic N) is 3. The van der Waals surface area contributed by atoms with Crippen molar-refractivity contribution in [2.24, 2.45) is 23.7 Å². The molecule has 62 heavy (non-hydrogen) atoms. The van der Waals surface area contributed by atoms with Crippen molar-refractivity contribution in [2.75, 3.05) is 17.4 Å². The van der Waals surface area contributed by atoms with Crippen LogP contribution in [0.5, 0.6) is 11.5 Å². The van der Waals surface area contributed by atoms with Crippen molar-refractivity contribution in [2.45, 2.75) is 42.7 Å². The number of ether oxygens (including phenoxy) is 1. The topological polar surface area (TPSA) is 129 Å². The summed E-state index contributed by atoms with van der Waals surface area (Å²) in [6.07, 6.45) is -14.3. The second-order valence-electron chi connectivity index (χ2n) is 15.1. The zero-order chi connectivity index (χ0) is 45.0. The number of anilines is 2. The summed E-state index contributed by atoms with van der Waals surface area (Å²) in [6.45, 7) is 0. The van der Waals surface area contributed by atoms with Gasteiger partial charge in [0.05, 0.1) is 57.7 Å². The summed E-state index contributed by atoms with van der Waals surface area (Å²) in [5.74, 6) is -12.2. The zero-order valence-corrected chi connectivity index (χ0v) is 32.8. The Kier molecular flexibility index (Phi) is 10.1. The second-order valence-corrected chi connectivity index (χ2v) is 16.0. The van der Waals surface area contributed by atoms with Crippen molar-refractivity contribution in [3.8, 4) is 11.5 Å². The number of amides is 4. The van der Waals surface area contributed by atoms with E-state index in [1.807, 2.05) is 0 Å². The Bertz CT molecular complexity index is 2570. The molecule has 6 atom stereocenters.